The number of anilines is 1. The maximum absolute atomic E-state index is 12.0. The number of hydrogen-bond donors (Lipinski definition) is 1. The number of benzene rings is 1. The number of carbonyl (C=O) groups excluding carboxylic acids is 1. The summed E-state index contributed by atoms with van der Waals surface area (Å²) in [6.07, 6.45) is 13.0. The van der Waals surface area contributed by atoms with E-state index in [1.165, 1.54) is 57.8 Å². The van der Waals surface area contributed by atoms with Crippen molar-refractivity contribution < 1.29 is 9.53 Å². The summed E-state index contributed by atoms with van der Waals surface area (Å²) in [6, 6.07) is 6.89. The minimum Gasteiger partial charge on any atom is -0.462 e. The standard InChI is InChI=1S/C27H47NO2/c1-21(2)9-6-10-22(3)11-7-12-23(4)13-8-14-24(5)19-20-30-27(29)25-15-17-26(28)18-16-25/h15-18,21-24H,6-14,19-20,28H2,1-5H3/t22-,23-,24?/m1/s1. The molecule has 2 N–H and O–H groups in total. The largest absolute Gasteiger partial charge is 0.462 e. The molecule has 0 saturated heterocycles. The number of rotatable bonds is 16. The van der Waals surface area contributed by atoms with E-state index in [9.17, 15) is 4.79 Å². The van der Waals surface area contributed by atoms with Gasteiger partial charge in [0.2, 0.25) is 0 Å². The second kappa shape index (κ2) is 15.3. The summed E-state index contributed by atoms with van der Waals surface area (Å²) in [6.45, 7) is 12.2. The van der Waals surface area contributed by atoms with E-state index in [1.807, 2.05) is 0 Å². The van der Waals surface area contributed by atoms with Gasteiger partial charge in [0.15, 0.2) is 0 Å². The monoisotopic (exact) mass is 417 g/mol. The first kappa shape index (κ1) is 26.5. The SMILES string of the molecule is CC(C)CCC[C@@H](C)CCC[C@@H](C)CCCC(C)CCOC(=O)c1ccc(N)cc1. The normalized spacial score (nSPS) is 14.5. The molecular formula is C27H47NO2. The number of nitrogen functional groups attached to an aromatic ring is 1. The zero-order chi connectivity index (χ0) is 22.4. The Morgan fingerprint density at radius 2 is 1.17 bits per heavy atom. The molecule has 3 atom stereocenters. The minimum atomic E-state index is -0.255. The molecule has 0 saturated carbocycles. The summed E-state index contributed by atoms with van der Waals surface area (Å²) < 4.78 is 5.40. The fourth-order valence-electron chi connectivity index (χ4n) is 3.99. The number of esters is 1. The lowest BCUT2D eigenvalue weighted by atomic mass is 9.91. The maximum atomic E-state index is 12.0. The van der Waals surface area contributed by atoms with Gasteiger partial charge in [0.1, 0.15) is 0 Å². The number of ether oxygens (including phenoxy) is 1. The van der Waals surface area contributed by atoms with E-state index in [0.717, 1.165) is 24.2 Å². The molecule has 0 heterocycles. The molecule has 1 rings (SSSR count). The Labute approximate surface area is 186 Å². The van der Waals surface area contributed by atoms with Crippen molar-refractivity contribution in [2.24, 2.45) is 23.7 Å². The average Bonchev–Trinajstić information content (AvgIpc) is 2.68. The van der Waals surface area contributed by atoms with Gasteiger partial charge in [0.05, 0.1) is 12.2 Å². The minimum absolute atomic E-state index is 0.255. The van der Waals surface area contributed by atoms with E-state index in [0.29, 0.717) is 23.8 Å². The fraction of sp³-hybridized carbons (Fsp3) is 0.741. The topological polar surface area (TPSA) is 52.3 Å². The number of carbonyl (C=O) groups is 1. The van der Waals surface area contributed by atoms with Gasteiger partial charge in [-0.05, 0) is 54.4 Å². The predicted octanol–water partition coefficient (Wildman–Crippen LogP) is 7.89. The van der Waals surface area contributed by atoms with E-state index in [-0.39, 0.29) is 5.97 Å². The van der Waals surface area contributed by atoms with Crippen molar-refractivity contribution in [1.29, 1.82) is 0 Å². The Morgan fingerprint density at radius 1 is 0.733 bits per heavy atom. The highest BCUT2D eigenvalue weighted by Crippen LogP contribution is 2.22. The first-order chi connectivity index (χ1) is 14.3. The molecule has 1 unspecified atom stereocenters. The first-order valence-corrected chi connectivity index (χ1v) is 12.3. The molecule has 0 amide bonds. The van der Waals surface area contributed by atoms with Crippen molar-refractivity contribution in [3.05, 3.63) is 29.8 Å². The van der Waals surface area contributed by atoms with Crippen molar-refractivity contribution in [2.45, 2.75) is 98.8 Å². The molecule has 0 spiro atoms. The molecule has 0 fully saturated rings. The summed E-state index contributed by atoms with van der Waals surface area (Å²) >= 11 is 0. The summed E-state index contributed by atoms with van der Waals surface area (Å²) in [5, 5.41) is 0. The van der Waals surface area contributed by atoms with Crippen molar-refractivity contribution in [3.8, 4) is 0 Å². The van der Waals surface area contributed by atoms with Crippen LogP contribution < -0.4 is 5.73 Å². The molecule has 1 aromatic rings. The van der Waals surface area contributed by atoms with Crippen LogP contribution in [0.15, 0.2) is 24.3 Å². The average molecular weight is 418 g/mol. The van der Waals surface area contributed by atoms with Crippen LogP contribution in [0.1, 0.15) is 109 Å². The molecule has 0 bridgehead atoms. The van der Waals surface area contributed by atoms with Crippen molar-refractivity contribution in [1.82, 2.24) is 0 Å². The third-order valence-corrected chi connectivity index (χ3v) is 6.26. The third kappa shape index (κ3) is 12.9. The quantitative estimate of drug-likeness (QED) is 0.220. The van der Waals surface area contributed by atoms with E-state index in [4.69, 9.17) is 10.5 Å². The molecule has 172 valence electrons. The van der Waals surface area contributed by atoms with Gasteiger partial charge in [0, 0.05) is 5.69 Å². The Hall–Kier alpha value is -1.51. The second-order valence-corrected chi connectivity index (χ2v) is 10.0. The summed E-state index contributed by atoms with van der Waals surface area (Å²) in [5.41, 5.74) is 6.88. The molecule has 0 radical (unpaired) electrons. The van der Waals surface area contributed by atoms with Crippen LogP contribution in [0.3, 0.4) is 0 Å². The molecular weight excluding hydrogens is 370 g/mol. The highest BCUT2D eigenvalue weighted by Gasteiger charge is 2.10. The Morgan fingerprint density at radius 3 is 1.63 bits per heavy atom. The van der Waals surface area contributed by atoms with Gasteiger partial charge in [-0.15, -0.1) is 0 Å². The molecule has 0 aliphatic rings. The first-order valence-electron chi connectivity index (χ1n) is 12.3. The van der Waals surface area contributed by atoms with Crippen LogP contribution in [-0.4, -0.2) is 12.6 Å². The second-order valence-electron chi connectivity index (χ2n) is 10.0. The van der Waals surface area contributed by atoms with Gasteiger partial charge in [0.25, 0.3) is 0 Å². The van der Waals surface area contributed by atoms with Crippen LogP contribution in [-0.2, 0) is 4.74 Å². The van der Waals surface area contributed by atoms with Crippen molar-refractivity contribution in [3.63, 3.8) is 0 Å². The third-order valence-electron chi connectivity index (χ3n) is 6.26. The van der Waals surface area contributed by atoms with Crippen molar-refractivity contribution >= 4 is 11.7 Å². The fourth-order valence-corrected chi connectivity index (χ4v) is 3.99. The van der Waals surface area contributed by atoms with Crippen LogP contribution >= 0.6 is 0 Å². The molecule has 1 aromatic carbocycles. The maximum Gasteiger partial charge on any atom is 0.338 e. The van der Waals surface area contributed by atoms with Gasteiger partial charge in [-0.25, -0.2) is 4.79 Å². The van der Waals surface area contributed by atoms with E-state index < -0.39 is 0 Å². The van der Waals surface area contributed by atoms with Crippen LogP contribution in [0.25, 0.3) is 0 Å². The lowest BCUT2D eigenvalue weighted by Gasteiger charge is -2.16. The van der Waals surface area contributed by atoms with Gasteiger partial charge in [-0.1, -0.05) is 92.4 Å². The highest BCUT2D eigenvalue weighted by atomic mass is 16.5. The highest BCUT2D eigenvalue weighted by molar-refractivity contribution is 5.89. The van der Waals surface area contributed by atoms with E-state index in [1.54, 1.807) is 24.3 Å². The lowest BCUT2D eigenvalue weighted by molar-refractivity contribution is 0.0483. The predicted molar refractivity (Wildman–Crippen MR) is 130 cm³/mol. The number of hydrogen-bond acceptors (Lipinski definition) is 3. The molecule has 3 nitrogen and oxygen atoms in total. The smallest absolute Gasteiger partial charge is 0.338 e. The molecule has 0 aromatic heterocycles. The van der Waals surface area contributed by atoms with Gasteiger partial charge < -0.3 is 10.5 Å². The molecule has 0 aliphatic carbocycles. The lowest BCUT2D eigenvalue weighted by Crippen LogP contribution is -2.09. The van der Waals surface area contributed by atoms with E-state index in [2.05, 4.69) is 34.6 Å². The number of nitrogens with two attached hydrogens (primary N) is 1. The molecule has 30 heavy (non-hydrogen) atoms. The summed E-state index contributed by atoms with van der Waals surface area (Å²) in [4.78, 5) is 12.0. The van der Waals surface area contributed by atoms with E-state index >= 15 is 0 Å². The Bertz CT molecular complexity index is 567. The van der Waals surface area contributed by atoms with Gasteiger partial charge in [-0.2, -0.15) is 0 Å². The Balaban J connectivity index is 2.04. The van der Waals surface area contributed by atoms with Crippen LogP contribution in [0, 0.1) is 23.7 Å². The molecule has 0 aliphatic heterocycles. The molecule has 3 heteroatoms. The van der Waals surface area contributed by atoms with Crippen LogP contribution in [0.2, 0.25) is 0 Å². The zero-order valence-corrected chi connectivity index (χ0v) is 20.3. The van der Waals surface area contributed by atoms with Gasteiger partial charge >= 0.3 is 5.97 Å². The Kier molecular flexibility index (Phi) is 13.5. The summed E-state index contributed by atoms with van der Waals surface area (Å²) in [7, 11) is 0. The van der Waals surface area contributed by atoms with Crippen LogP contribution in [0.4, 0.5) is 5.69 Å². The zero-order valence-electron chi connectivity index (χ0n) is 20.3. The van der Waals surface area contributed by atoms with Crippen molar-refractivity contribution in [2.75, 3.05) is 12.3 Å². The van der Waals surface area contributed by atoms with Gasteiger partial charge in [-0.3, -0.25) is 0 Å². The van der Waals surface area contributed by atoms with Crippen LogP contribution in [0.5, 0.6) is 0 Å². The summed E-state index contributed by atoms with van der Waals surface area (Å²) in [5.74, 6) is 2.89.